The number of nitrogens with one attached hydrogen (secondary N) is 3. The van der Waals surface area contributed by atoms with E-state index in [0.29, 0.717) is 11.1 Å². The average molecular weight is 562 g/mol. The number of aliphatic carboxylic acids is 1. The second kappa shape index (κ2) is 14.6. The smallest absolute Gasteiger partial charge is 0.326 e. The maximum atomic E-state index is 12.9. The number of phenols is 2. The van der Waals surface area contributed by atoms with E-state index < -0.39 is 60.2 Å². The molecule has 210 valence electrons. The number of aromatic hydroxyl groups is 2. The summed E-state index contributed by atoms with van der Waals surface area (Å²) in [5, 5.41) is 35.3. The lowest BCUT2D eigenvalue weighted by atomic mass is 10.0. The molecule has 39 heavy (non-hydrogen) atoms. The van der Waals surface area contributed by atoms with E-state index in [4.69, 9.17) is 11.5 Å². The van der Waals surface area contributed by atoms with Crippen LogP contribution in [0, 0.1) is 0 Å². The predicted molar refractivity (Wildman–Crippen MR) is 143 cm³/mol. The number of carboxylic acid groups (broad SMARTS) is 1. The van der Waals surface area contributed by atoms with E-state index in [2.05, 4.69) is 28.6 Å². The van der Waals surface area contributed by atoms with Crippen LogP contribution in [0.4, 0.5) is 0 Å². The molecule has 0 saturated heterocycles. The van der Waals surface area contributed by atoms with Gasteiger partial charge in [0.2, 0.25) is 23.6 Å². The number of benzene rings is 2. The van der Waals surface area contributed by atoms with Gasteiger partial charge in [-0.15, -0.1) is 0 Å². The number of thiol groups is 1. The number of hydrogen-bond donors (Lipinski definition) is 9. The minimum absolute atomic E-state index is 0.0222. The van der Waals surface area contributed by atoms with Gasteiger partial charge in [-0.25, -0.2) is 4.79 Å². The van der Waals surface area contributed by atoms with E-state index in [1.165, 1.54) is 36.4 Å². The Bertz CT molecular complexity index is 1180. The van der Waals surface area contributed by atoms with Crippen LogP contribution in [0.5, 0.6) is 11.5 Å². The highest BCUT2D eigenvalue weighted by molar-refractivity contribution is 7.80. The Hall–Kier alpha value is -4.30. The second-order valence-electron chi connectivity index (χ2n) is 8.72. The van der Waals surface area contributed by atoms with Gasteiger partial charge in [0.05, 0.1) is 12.5 Å². The quantitative estimate of drug-likeness (QED) is 0.123. The molecule has 4 amide bonds. The topological polar surface area (TPSA) is 234 Å². The highest BCUT2D eigenvalue weighted by Crippen LogP contribution is 2.12. The van der Waals surface area contributed by atoms with E-state index in [1.54, 1.807) is 12.1 Å². The van der Waals surface area contributed by atoms with Crippen molar-refractivity contribution in [1.82, 2.24) is 16.0 Å². The molecule has 0 heterocycles. The molecular weight excluding hydrogens is 530 g/mol. The van der Waals surface area contributed by atoms with Gasteiger partial charge in [0, 0.05) is 12.2 Å². The van der Waals surface area contributed by atoms with Crippen molar-refractivity contribution in [2.45, 2.75) is 43.4 Å². The number of amides is 4. The van der Waals surface area contributed by atoms with E-state index in [9.17, 15) is 39.3 Å². The molecular formula is C25H31N5O8S. The van der Waals surface area contributed by atoms with Gasteiger partial charge in [-0.3, -0.25) is 19.2 Å². The van der Waals surface area contributed by atoms with Crippen molar-refractivity contribution in [3.8, 4) is 11.5 Å². The zero-order chi connectivity index (χ0) is 29.1. The van der Waals surface area contributed by atoms with Crippen LogP contribution >= 0.6 is 12.6 Å². The third kappa shape index (κ3) is 10.2. The van der Waals surface area contributed by atoms with Crippen LogP contribution in [-0.2, 0) is 36.8 Å². The average Bonchev–Trinajstić information content (AvgIpc) is 2.88. The second-order valence-corrected chi connectivity index (χ2v) is 9.09. The Labute approximate surface area is 229 Å². The van der Waals surface area contributed by atoms with Gasteiger partial charge < -0.3 is 42.7 Å². The summed E-state index contributed by atoms with van der Waals surface area (Å²) >= 11 is 4.07. The van der Waals surface area contributed by atoms with Crippen molar-refractivity contribution >= 4 is 42.2 Å². The molecule has 4 atom stereocenters. The van der Waals surface area contributed by atoms with Crippen molar-refractivity contribution < 1.29 is 39.3 Å². The van der Waals surface area contributed by atoms with Crippen molar-refractivity contribution in [2.75, 3.05) is 5.75 Å². The number of phenolic OH excluding ortho intramolecular Hbond substituents is 2. The van der Waals surface area contributed by atoms with Gasteiger partial charge in [-0.05, 0) is 41.8 Å². The van der Waals surface area contributed by atoms with Gasteiger partial charge in [0.25, 0.3) is 0 Å². The minimum atomic E-state index is -1.54. The molecule has 0 aliphatic heterocycles. The maximum absolute atomic E-state index is 12.9. The van der Waals surface area contributed by atoms with Crippen LogP contribution in [-0.4, -0.2) is 74.8 Å². The van der Waals surface area contributed by atoms with Crippen molar-refractivity contribution in [2.24, 2.45) is 11.5 Å². The SMILES string of the molecule is NC(=O)CC(NC(=O)C(CS)NC(=O)C(N)Cc1ccc(O)cc1)C(=O)NC(Cc1ccc(O)cc1)C(=O)O. The van der Waals surface area contributed by atoms with Gasteiger partial charge in [-0.1, -0.05) is 24.3 Å². The van der Waals surface area contributed by atoms with Crippen LogP contribution in [0.15, 0.2) is 48.5 Å². The van der Waals surface area contributed by atoms with Gasteiger partial charge in [0.1, 0.15) is 29.6 Å². The molecule has 0 saturated carbocycles. The Morgan fingerprint density at radius 1 is 0.718 bits per heavy atom. The van der Waals surface area contributed by atoms with E-state index in [-0.39, 0.29) is 30.1 Å². The molecule has 2 aromatic carbocycles. The van der Waals surface area contributed by atoms with Gasteiger partial charge in [-0.2, -0.15) is 12.6 Å². The van der Waals surface area contributed by atoms with E-state index >= 15 is 0 Å². The van der Waals surface area contributed by atoms with Crippen LogP contribution in [0.3, 0.4) is 0 Å². The number of carboxylic acids is 1. The van der Waals surface area contributed by atoms with Crippen molar-refractivity contribution in [3.63, 3.8) is 0 Å². The Kier molecular flexibility index (Phi) is 11.6. The highest BCUT2D eigenvalue weighted by atomic mass is 32.1. The van der Waals surface area contributed by atoms with Gasteiger partial charge in [0.15, 0.2) is 0 Å². The summed E-state index contributed by atoms with van der Waals surface area (Å²) in [6, 6.07) is 6.46. The van der Waals surface area contributed by atoms with E-state index in [1.807, 2.05) is 0 Å². The first-order valence-electron chi connectivity index (χ1n) is 11.7. The van der Waals surface area contributed by atoms with Crippen LogP contribution < -0.4 is 27.4 Å². The lowest BCUT2D eigenvalue weighted by molar-refractivity contribution is -0.142. The molecule has 0 bridgehead atoms. The Balaban J connectivity index is 2.05. The maximum Gasteiger partial charge on any atom is 0.326 e. The molecule has 0 radical (unpaired) electrons. The monoisotopic (exact) mass is 561 g/mol. The fourth-order valence-corrected chi connectivity index (χ4v) is 3.73. The fraction of sp³-hybridized carbons (Fsp3) is 0.320. The normalized spacial score (nSPS) is 13.8. The molecule has 0 aliphatic rings. The number of carbonyl (C=O) groups is 5. The van der Waals surface area contributed by atoms with Crippen LogP contribution in [0.2, 0.25) is 0 Å². The molecule has 13 nitrogen and oxygen atoms in total. The number of primary amides is 1. The summed E-state index contributed by atoms with van der Waals surface area (Å²) < 4.78 is 0. The summed E-state index contributed by atoms with van der Waals surface area (Å²) in [4.78, 5) is 61.6. The van der Waals surface area contributed by atoms with Crippen LogP contribution in [0.1, 0.15) is 17.5 Å². The number of hydrogen-bond acceptors (Lipinski definition) is 9. The third-order valence-corrected chi connectivity index (χ3v) is 5.94. The van der Waals surface area contributed by atoms with Crippen molar-refractivity contribution in [3.05, 3.63) is 59.7 Å². The summed E-state index contributed by atoms with van der Waals surface area (Å²) in [6.07, 6.45) is -0.680. The molecule has 0 aromatic heterocycles. The molecule has 2 aromatic rings. The summed E-state index contributed by atoms with van der Waals surface area (Å²) in [5.41, 5.74) is 12.3. The number of nitrogens with two attached hydrogens (primary N) is 2. The van der Waals surface area contributed by atoms with Crippen molar-refractivity contribution in [1.29, 1.82) is 0 Å². The highest BCUT2D eigenvalue weighted by Gasteiger charge is 2.31. The zero-order valence-corrected chi connectivity index (χ0v) is 21.6. The van der Waals surface area contributed by atoms with Crippen LogP contribution in [0.25, 0.3) is 0 Å². The molecule has 14 heteroatoms. The first kappa shape index (κ1) is 30.9. The minimum Gasteiger partial charge on any atom is -0.508 e. The number of carbonyl (C=O) groups excluding carboxylic acids is 4. The first-order valence-corrected chi connectivity index (χ1v) is 12.4. The lowest BCUT2D eigenvalue weighted by Crippen LogP contribution is -2.58. The molecule has 4 unspecified atom stereocenters. The largest absolute Gasteiger partial charge is 0.508 e. The first-order chi connectivity index (χ1) is 18.4. The van der Waals surface area contributed by atoms with Gasteiger partial charge >= 0.3 is 5.97 Å². The number of rotatable bonds is 14. The Morgan fingerprint density at radius 3 is 1.62 bits per heavy atom. The molecule has 0 spiro atoms. The summed E-state index contributed by atoms with van der Waals surface area (Å²) in [6.45, 7) is 0. The third-order valence-electron chi connectivity index (χ3n) is 5.57. The Morgan fingerprint density at radius 2 is 1.15 bits per heavy atom. The molecule has 2 rings (SSSR count). The molecule has 0 aliphatic carbocycles. The van der Waals surface area contributed by atoms with E-state index in [0.717, 1.165) is 0 Å². The summed E-state index contributed by atoms with van der Waals surface area (Å²) in [5.74, 6) is -5.02. The standard InChI is InChI=1S/C25H31N5O8S/c26-17(9-13-1-5-15(31)6-2-13)22(34)30-20(12-39)24(36)28-18(11-21(27)33)23(35)29-19(25(37)38)10-14-3-7-16(32)8-4-14/h1-8,17-20,31-32,39H,9-12,26H2,(H2,27,33)(H,28,36)(H,29,35)(H,30,34)(H,37,38). The predicted octanol–water partition coefficient (Wildman–Crippen LogP) is -1.45. The summed E-state index contributed by atoms with van der Waals surface area (Å²) in [7, 11) is 0. The molecule has 0 fully saturated rings. The zero-order valence-electron chi connectivity index (χ0n) is 20.7. The molecule has 10 N–H and O–H groups in total. The lowest BCUT2D eigenvalue weighted by Gasteiger charge is -2.24. The fourth-order valence-electron chi connectivity index (χ4n) is 3.47.